The molecule has 3 aromatic rings. The van der Waals surface area contributed by atoms with Crippen LogP contribution >= 0.6 is 9.24 Å². The molecule has 0 saturated carbocycles. The monoisotopic (exact) mass is 409 g/mol. The third kappa shape index (κ3) is 4.20. The number of carbonyl (C=O) groups is 1. The SMILES string of the molecule is CC(=O)N1CCC(Oc2ccc3c(-c4ccc(P)cc4C)cc(=O)oc3c2)CC1. The van der Waals surface area contributed by atoms with E-state index in [1.165, 1.54) is 0 Å². The number of ether oxygens (including phenoxy) is 1. The van der Waals surface area contributed by atoms with E-state index in [2.05, 4.69) is 15.3 Å². The Balaban J connectivity index is 1.63. The van der Waals surface area contributed by atoms with Crippen molar-refractivity contribution in [2.45, 2.75) is 32.8 Å². The van der Waals surface area contributed by atoms with Crippen LogP contribution in [-0.2, 0) is 4.79 Å². The number of aryl methyl sites for hydroxylation is 1. The molecule has 0 radical (unpaired) electrons. The molecule has 0 N–H and O–H groups in total. The molecule has 1 unspecified atom stereocenters. The fourth-order valence-corrected chi connectivity index (χ4v) is 4.26. The second kappa shape index (κ2) is 8.00. The molecule has 150 valence electrons. The number of piperidine rings is 1. The number of hydrogen-bond donors (Lipinski definition) is 0. The first kappa shape index (κ1) is 19.7. The molecule has 4 rings (SSSR count). The molecule has 29 heavy (non-hydrogen) atoms. The number of amides is 1. The lowest BCUT2D eigenvalue weighted by molar-refractivity contribution is -0.130. The summed E-state index contributed by atoms with van der Waals surface area (Å²) in [4.78, 5) is 25.5. The molecular formula is C23H24NO4P. The van der Waals surface area contributed by atoms with Gasteiger partial charge in [0.15, 0.2) is 0 Å². The predicted molar refractivity (Wildman–Crippen MR) is 118 cm³/mol. The number of nitrogens with zero attached hydrogens (tertiary/aromatic N) is 1. The minimum atomic E-state index is -0.381. The van der Waals surface area contributed by atoms with Gasteiger partial charge in [0.25, 0.3) is 0 Å². The van der Waals surface area contributed by atoms with E-state index < -0.39 is 0 Å². The van der Waals surface area contributed by atoms with E-state index in [4.69, 9.17) is 9.15 Å². The number of fused-ring (bicyclic) bond motifs is 1. The largest absolute Gasteiger partial charge is 0.490 e. The summed E-state index contributed by atoms with van der Waals surface area (Å²) in [5.41, 5.74) is 3.11. The van der Waals surface area contributed by atoms with Crippen molar-refractivity contribution in [3.05, 3.63) is 58.4 Å². The Hall–Kier alpha value is -2.65. The van der Waals surface area contributed by atoms with Crippen LogP contribution < -0.4 is 15.7 Å². The van der Waals surface area contributed by atoms with Crippen molar-refractivity contribution in [3.8, 4) is 16.9 Å². The molecule has 0 bridgehead atoms. The standard InChI is InChI=1S/C23H24NO4P/c1-14-11-18(29)4-6-19(14)21-13-23(26)28-22-12-17(3-5-20(21)22)27-16-7-9-24(10-8-16)15(2)25/h3-6,11-13,16H,7-10,29H2,1-2H3. The van der Waals surface area contributed by atoms with Crippen molar-refractivity contribution in [1.29, 1.82) is 0 Å². The van der Waals surface area contributed by atoms with Crippen LogP contribution in [0.3, 0.4) is 0 Å². The van der Waals surface area contributed by atoms with E-state index in [0.29, 0.717) is 24.4 Å². The molecule has 5 nitrogen and oxygen atoms in total. The van der Waals surface area contributed by atoms with Gasteiger partial charge in [0.2, 0.25) is 5.91 Å². The van der Waals surface area contributed by atoms with Gasteiger partial charge in [-0.25, -0.2) is 4.79 Å². The fourth-order valence-electron chi connectivity index (χ4n) is 3.91. The Bertz CT molecular complexity index is 1130. The van der Waals surface area contributed by atoms with Crippen LogP contribution in [0.1, 0.15) is 25.3 Å². The summed E-state index contributed by atoms with van der Waals surface area (Å²) in [5.74, 6) is 0.782. The summed E-state index contributed by atoms with van der Waals surface area (Å²) < 4.78 is 11.6. The van der Waals surface area contributed by atoms with Crippen molar-refractivity contribution in [2.75, 3.05) is 13.1 Å². The normalized spacial score (nSPS) is 14.9. The molecule has 2 heterocycles. The van der Waals surface area contributed by atoms with Crippen LogP contribution in [0.25, 0.3) is 22.1 Å². The molecule has 0 spiro atoms. The van der Waals surface area contributed by atoms with Crippen molar-refractivity contribution >= 4 is 31.4 Å². The topological polar surface area (TPSA) is 59.8 Å². The zero-order valence-electron chi connectivity index (χ0n) is 16.6. The lowest BCUT2D eigenvalue weighted by Gasteiger charge is -2.31. The number of benzene rings is 2. The number of likely N-dealkylation sites (tertiary alicyclic amines) is 1. The molecule has 1 amide bonds. The first-order valence-corrected chi connectivity index (χ1v) is 10.3. The molecule has 1 aliphatic heterocycles. The quantitative estimate of drug-likeness (QED) is 0.489. The summed E-state index contributed by atoms with van der Waals surface area (Å²) in [5, 5.41) is 1.98. The first-order valence-electron chi connectivity index (χ1n) is 9.77. The second-order valence-corrected chi connectivity index (χ2v) is 8.20. The summed E-state index contributed by atoms with van der Waals surface area (Å²) in [6, 6.07) is 13.3. The van der Waals surface area contributed by atoms with Gasteiger partial charge in [0.1, 0.15) is 17.4 Å². The molecule has 0 aliphatic carbocycles. The molecule has 1 fully saturated rings. The highest BCUT2D eigenvalue weighted by atomic mass is 31.0. The van der Waals surface area contributed by atoms with Gasteiger partial charge < -0.3 is 14.1 Å². The Morgan fingerprint density at radius 2 is 1.86 bits per heavy atom. The van der Waals surface area contributed by atoms with Crippen LogP contribution in [0.2, 0.25) is 0 Å². The van der Waals surface area contributed by atoms with Gasteiger partial charge in [-0.2, -0.15) is 0 Å². The first-order chi connectivity index (χ1) is 13.9. The minimum Gasteiger partial charge on any atom is -0.490 e. The summed E-state index contributed by atoms with van der Waals surface area (Å²) in [6.07, 6.45) is 1.64. The summed E-state index contributed by atoms with van der Waals surface area (Å²) >= 11 is 0. The predicted octanol–water partition coefficient (Wildman–Crippen LogP) is 3.66. The molecule has 2 aromatic carbocycles. The molecular weight excluding hydrogens is 385 g/mol. The van der Waals surface area contributed by atoms with E-state index in [1.54, 1.807) is 19.1 Å². The zero-order valence-corrected chi connectivity index (χ0v) is 17.8. The smallest absolute Gasteiger partial charge is 0.336 e. The average Bonchev–Trinajstić information content (AvgIpc) is 2.67. The van der Waals surface area contributed by atoms with E-state index in [1.807, 2.05) is 36.1 Å². The third-order valence-corrected chi connectivity index (χ3v) is 5.81. The van der Waals surface area contributed by atoms with Gasteiger partial charge in [-0.1, -0.05) is 18.2 Å². The van der Waals surface area contributed by atoms with Crippen LogP contribution in [-0.4, -0.2) is 30.0 Å². The van der Waals surface area contributed by atoms with Gasteiger partial charge in [0, 0.05) is 55.9 Å². The van der Waals surface area contributed by atoms with Gasteiger partial charge in [-0.05, 0) is 35.5 Å². The fraction of sp³-hybridized carbons (Fsp3) is 0.304. The van der Waals surface area contributed by atoms with Crippen LogP contribution in [0.15, 0.2) is 51.7 Å². The van der Waals surface area contributed by atoms with Gasteiger partial charge in [-0.3, -0.25) is 4.79 Å². The molecule has 1 saturated heterocycles. The second-order valence-electron chi connectivity index (χ2n) is 7.53. The maximum Gasteiger partial charge on any atom is 0.336 e. The number of hydrogen-bond acceptors (Lipinski definition) is 4. The minimum absolute atomic E-state index is 0.0507. The number of carbonyl (C=O) groups excluding carboxylic acids is 1. The number of rotatable bonds is 3. The van der Waals surface area contributed by atoms with E-state index in [9.17, 15) is 9.59 Å². The highest BCUT2D eigenvalue weighted by Crippen LogP contribution is 2.32. The average molecular weight is 409 g/mol. The van der Waals surface area contributed by atoms with E-state index >= 15 is 0 Å². The highest BCUT2D eigenvalue weighted by molar-refractivity contribution is 7.27. The van der Waals surface area contributed by atoms with Crippen LogP contribution in [0.5, 0.6) is 5.75 Å². The van der Waals surface area contributed by atoms with Gasteiger partial charge in [0.05, 0.1) is 0 Å². The Labute approximate surface area is 171 Å². The molecule has 1 atom stereocenters. The van der Waals surface area contributed by atoms with Crippen LogP contribution in [0, 0.1) is 6.92 Å². The van der Waals surface area contributed by atoms with Crippen molar-refractivity contribution in [3.63, 3.8) is 0 Å². The van der Waals surface area contributed by atoms with Crippen LogP contribution in [0.4, 0.5) is 0 Å². The van der Waals surface area contributed by atoms with E-state index in [0.717, 1.165) is 40.2 Å². The maximum absolute atomic E-state index is 12.2. The molecule has 1 aromatic heterocycles. The van der Waals surface area contributed by atoms with Gasteiger partial charge >= 0.3 is 5.63 Å². The molecule has 1 aliphatic rings. The zero-order chi connectivity index (χ0) is 20.5. The van der Waals surface area contributed by atoms with E-state index in [-0.39, 0.29) is 17.6 Å². The van der Waals surface area contributed by atoms with Gasteiger partial charge in [-0.15, -0.1) is 9.24 Å². The summed E-state index contributed by atoms with van der Waals surface area (Å²) in [7, 11) is 2.69. The Morgan fingerprint density at radius 1 is 1.10 bits per heavy atom. The Kier molecular flexibility index (Phi) is 5.42. The third-order valence-electron chi connectivity index (χ3n) is 5.45. The Morgan fingerprint density at radius 3 is 2.55 bits per heavy atom. The lowest BCUT2D eigenvalue weighted by Crippen LogP contribution is -2.40. The highest BCUT2D eigenvalue weighted by Gasteiger charge is 2.22. The summed E-state index contributed by atoms with van der Waals surface area (Å²) in [6.45, 7) is 5.04. The lowest BCUT2D eigenvalue weighted by atomic mass is 9.98. The van der Waals surface area contributed by atoms with Crippen molar-refractivity contribution in [2.24, 2.45) is 0 Å². The van der Waals surface area contributed by atoms with Crippen molar-refractivity contribution in [1.82, 2.24) is 4.90 Å². The molecule has 6 heteroatoms. The maximum atomic E-state index is 12.2. The van der Waals surface area contributed by atoms with Crippen molar-refractivity contribution < 1.29 is 13.9 Å².